The number of carbonyl (C=O) groups is 1. The minimum atomic E-state index is -3.49. The maximum atomic E-state index is 12.9. The lowest BCUT2D eigenvalue weighted by Crippen LogP contribution is -2.35. The molecule has 2 aromatic heterocycles. The van der Waals surface area contributed by atoms with E-state index in [0.29, 0.717) is 24.4 Å². The molecule has 2 aromatic carbocycles. The minimum absolute atomic E-state index is 0.0472. The molecule has 174 valence electrons. The van der Waals surface area contributed by atoms with Crippen LogP contribution in [0.4, 0.5) is 6.01 Å². The van der Waals surface area contributed by atoms with Gasteiger partial charge in [-0.25, -0.2) is 8.42 Å². The van der Waals surface area contributed by atoms with Crippen molar-refractivity contribution in [1.82, 2.24) is 14.5 Å². The standard InChI is InChI=1S/C24H22N4O5S/c29-22(25-24-27-26-23(33-24)21-8-5-15-32-21)19-7-4-6-18(16-19)17-9-11-20(12-10-17)34(30,31)28-13-2-1-3-14-28/h4-12,15-16H,1-3,13-14H2,(H,25,27,29). The number of benzene rings is 2. The molecule has 0 saturated carbocycles. The molecule has 0 radical (unpaired) electrons. The first kappa shape index (κ1) is 22.1. The number of nitrogens with one attached hydrogen (secondary N) is 1. The second-order valence-corrected chi connectivity index (χ2v) is 9.85. The second-order valence-electron chi connectivity index (χ2n) is 7.91. The van der Waals surface area contributed by atoms with E-state index in [1.165, 1.54) is 6.26 Å². The molecule has 1 amide bonds. The molecule has 34 heavy (non-hydrogen) atoms. The number of hydrogen-bond donors (Lipinski definition) is 1. The van der Waals surface area contributed by atoms with Crippen LogP contribution in [-0.4, -0.2) is 41.9 Å². The molecule has 9 nitrogen and oxygen atoms in total. The van der Waals surface area contributed by atoms with Crippen LogP contribution in [0.3, 0.4) is 0 Å². The largest absolute Gasteiger partial charge is 0.459 e. The van der Waals surface area contributed by atoms with Crippen molar-refractivity contribution in [3.8, 4) is 22.8 Å². The van der Waals surface area contributed by atoms with Gasteiger partial charge in [0.1, 0.15) is 0 Å². The van der Waals surface area contributed by atoms with Crippen molar-refractivity contribution in [2.45, 2.75) is 24.2 Å². The van der Waals surface area contributed by atoms with Crippen molar-refractivity contribution in [3.63, 3.8) is 0 Å². The Bertz CT molecular complexity index is 1390. The summed E-state index contributed by atoms with van der Waals surface area (Å²) in [6, 6.07) is 17.0. The van der Waals surface area contributed by atoms with E-state index in [9.17, 15) is 13.2 Å². The molecular weight excluding hydrogens is 456 g/mol. The predicted octanol–water partition coefficient (Wildman–Crippen LogP) is 4.42. The third-order valence-electron chi connectivity index (χ3n) is 5.64. The molecule has 0 aliphatic carbocycles. The first-order valence-corrected chi connectivity index (χ1v) is 12.3. The summed E-state index contributed by atoms with van der Waals surface area (Å²) in [6.45, 7) is 1.12. The Hall–Kier alpha value is -3.76. The summed E-state index contributed by atoms with van der Waals surface area (Å²) in [5, 5.41) is 10.3. The molecule has 1 N–H and O–H groups in total. The smallest absolute Gasteiger partial charge is 0.322 e. The number of sulfonamides is 1. The van der Waals surface area contributed by atoms with Gasteiger partial charge in [-0.05, 0) is 60.4 Å². The van der Waals surface area contributed by atoms with Crippen LogP contribution in [-0.2, 0) is 10.0 Å². The van der Waals surface area contributed by atoms with E-state index in [1.807, 2.05) is 6.07 Å². The van der Waals surface area contributed by atoms with Crippen LogP contribution in [0.5, 0.6) is 0 Å². The number of aromatic nitrogens is 2. The average molecular weight is 479 g/mol. The number of rotatable bonds is 6. The molecule has 1 aliphatic heterocycles. The van der Waals surface area contributed by atoms with E-state index >= 15 is 0 Å². The summed E-state index contributed by atoms with van der Waals surface area (Å²) in [6.07, 6.45) is 4.32. The number of furan rings is 1. The number of carbonyl (C=O) groups excluding carboxylic acids is 1. The summed E-state index contributed by atoms with van der Waals surface area (Å²) in [5.74, 6) is 0.148. The fourth-order valence-electron chi connectivity index (χ4n) is 3.86. The molecule has 1 saturated heterocycles. The van der Waals surface area contributed by atoms with Crippen molar-refractivity contribution >= 4 is 21.9 Å². The number of hydrogen-bond acceptors (Lipinski definition) is 7. The van der Waals surface area contributed by atoms with Gasteiger partial charge in [0.15, 0.2) is 5.76 Å². The Morgan fingerprint density at radius 2 is 1.71 bits per heavy atom. The van der Waals surface area contributed by atoms with Crippen molar-refractivity contribution in [1.29, 1.82) is 0 Å². The number of anilines is 1. The van der Waals surface area contributed by atoms with E-state index < -0.39 is 15.9 Å². The normalized spacial score (nSPS) is 14.7. The van der Waals surface area contributed by atoms with Gasteiger partial charge in [0, 0.05) is 18.7 Å². The monoisotopic (exact) mass is 478 g/mol. The van der Waals surface area contributed by atoms with Crippen LogP contribution >= 0.6 is 0 Å². The highest BCUT2D eigenvalue weighted by Crippen LogP contribution is 2.26. The summed E-state index contributed by atoms with van der Waals surface area (Å²) in [4.78, 5) is 13.0. The third kappa shape index (κ3) is 4.50. The molecule has 4 aromatic rings. The van der Waals surface area contributed by atoms with E-state index in [-0.39, 0.29) is 16.8 Å². The van der Waals surface area contributed by atoms with Gasteiger partial charge in [-0.1, -0.05) is 35.8 Å². The van der Waals surface area contributed by atoms with Crippen molar-refractivity contribution < 1.29 is 22.0 Å². The number of piperidine rings is 1. The van der Waals surface area contributed by atoms with E-state index in [4.69, 9.17) is 8.83 Å². The first-order chi connectivity index (χ1) is 16.5. The van der Waals surface area contributed by atoms with Gasteiger partial charge in [-0.2, -0.15) is 4.31 Å². The number of amides is 1. The molecule has 3 heterocycles. The van der Waals surface area contributed by atoms with E-state index in [0.717, 1.165) is 30.4 Å². The topological polar surface area (TPSA) is 119 Å². The quantitative estimate of drug-likeness (QED) is 0.436. The SMILES string of the molecule is O=C(Nc1nnc(-c2ccco2)o1)c1cccc(-c2ccc(S(=O)(=O)N3CCCCC3)cc2)c1. The van der Waals surface area contributed by atoms with Crippen LogP contribution in [0.15, 0.2) is 80.7 Å². The fourth-order valence-corrected chi connectivity index (χ4v) is 5.37. The zero-order chi connectivity index (χ0) is 23.5. The lowest BCUT2D eigenvalue weighted by Gasteiger charge is -2.25. The van der Waals surface area contributed by atoms with Crippen LogP contribution in [0.1, 0.15) is 29.6 Å². The summed E-state index contributed by atoms with van der Waals surface area (Å²) < 4.78 is 37.9. The number of nitrogens with zero attached hydrogens (tertiary/aromatic N) is 3. The first-order valence-electron chi connectivity index (χ1n) is 10.9. The van der Waals surface area contributed by atoms with Crippen molar-refractivity contribution in [2.75, 3.05) is 18.4 Å². The Morgan fingerprint density at radius 1 is 0.912 bits per heavy atom. The Labute approximate surface area is 196 Å². The lowest BCUT2D eigenvalue weighted by atomic mass is 10.0. The van der Waals surface area contributed by atoms with Crippen LogP contribution in [0.25, 0.3) is 22.8 Å². The van der Waals surface area contributed by atoms with E-state index in [2.05, 4.69) is 15.5 Å². The van der Waals surface area contributed by atoms with Crippen molar-refractivity contribution in [2.24, 2.45) is 0 Å². The zero-order valence-electron chi connectivity index (χ0n) is 18.2. The molecule has 0 atom stereocenters. The molecule has 0 unspecified atom stereocenters. The van der Waals surface area contributed by atoms with Crippen LogP contribution < -0.4 is 5.32 Å². The third-order valence-corrected chi connectivity index (χ3v) is 7.56. The van der Waals surface area contributed by atoms with Crippen LogP contribution in [0.2, 0.25) is 0 Å². The maximum Gasteiger partial charge on any atom is 0.322 e. The molecule has 10 heteroatoms. The van der Waals surface area contributed by atoms with Gasteiger partial charge < -0.3 is 8.83 Å². The predicted molar refractivity (Wildman–Crippen MR) is 124 cm³/mol. The molecule has 0 bridgehead atoms. The highest BCUT2D eigenvalue weighted by Gasteiger charge is 2.25. The minimum Gasteiger partial charge on any atom is -0.459 e. The second kappa shape index (κ2) is 9.24. The average Bonchev–Trinajstić information content (AvgIpc) is 3.57. The van der Waals surface area contributed by atoms with Crippen LogP contribution in [0, 0.1) is 0 Å². The van der Waals surface area contributed by atoms with Gasteiger partial charge in [0.25, 0.3) is 11.8 Å². The summed E-state index contributed by atoms with van der Waals surface area (Å²) in [7, 11) is -3.49. The highest BCUT2D eigenvalue weighted by molar-refractivity contribution is 7.89. The Morgan fingerprint density at radius 3 is 2.44 bits per heavy atom. The lowest BCUT2D eigenvalue weighted by molar-refractivity contribution is 0.102. The zero-order valence-corrected chi connectivity index (χ0v) is 19.0. The summed E-state index contributed by atoms with van der Waals surface area (Å²) in [5.41, 5.74) is 1.96. The molecule has 5 rings (SSSR count). The Balaban J connectivity index is 1.31. The molecular formula is C24H22N4O5S. The Kier molecular flexibility index (Phi) is 5.99. The van der Waals surface area contributed by atoms with Gasteiger partial charge in [0.05, 0.1) is 11.2 Å². The maximum absolute atomic E-state index is 12.9. The molecule has 0 spiro atoms. The molecule has 1 aliphatic rings. The highest BCUT2D eigenvalue weighted by atomic mass is 32.2. The fraction of sp³-hybridized carbons (Fsp3) is 0.208. The molecule has 1 fully saturated rings. The van der Waals surface area contributed by atoms with Crippen molar-refractivity contribution in [3.05, 3.63) is 72.5 Å². The van der Waals surface area contributed by atoms with Gasteiger partial charge >= 0.3 is 6.01 Å². The van der Waals surface area contributed by atoms with E-state index in [1.54, 1.807) is 58.9 Å². The van der Waals surface area contributed by atoms with Gasteiger partial charge in [-0.3, -0.25) is 10.1 Å². The van der Waals surface area contributed by atoms with Gasteiger partial charge in [-0.15, -0.1) is 5.10 Å². The summed E-state index contributed by atoms with van der Waals surface area (Å²) >= 11 is 0. The van der Waals surface area contributed by atoms with Gasteiger partial charge in [0.2, 0.25) is 10.0 Å².